The van der Waals surface area contributed by atoms with Crippen LogP contribution in [0.2, 0.25) is 5.02 Å². The normalized spacial score (nSPS) is 10.0. The van der Waals surface area contributed by atoms with Gasteiger partial charge in [0.1, 0.15) is 18.1 Å². The minimum atomic E-state index is -0.319. The molecule has 0 atom stereocenters. The molecular weight excluding hydrogens is 316 g/mol. The van der Waals surface area contributed by atoms with E-state index in [4.69, 9.17) is 21.1 Å². The third-order valence-corrected chi connectivity index (χ3v) is 3.56. The van der Waals surface area contributed by atoms with E-state index in [1.54, 1.807) is 25.3 Å². The molecule has 0 bridgehead atoms. The molecule has 2 N–H and O–H groups in total. The lowest BCUT2D eigenvalue weighted by molar-refractivity contribution is 0.247. The topological polar surface area (TPSA) is 59.6 Å². The van der Waals surface area contributed by atoms with Crippen LogP contribution in [0.25, 0.3) is 0 Å². The first-order valence-electron chi connectivity index (χ1n) is 7.17. The van der Waals surface area contributed by atoms with E-state index in [1.165, 1.54) is 0 Å². The molecule has 122 valence electrons. The molecule has 2 amide bonds. The molecule has 2 rings (SSSR count). The summed E-state index contributed by atoms with van der Waals surface area (Å²) in [5.74, 6) is 1.28. The van der Waals surface area contributed by atoms with Crippen LogP contribution in [-0.2, 0) is 0 Å². The quantitative estimate of drug-likeness (QED) is 0.789. The minimum absolute atomic E-state index is 0.319. The van der Waals surface area contributed by atoms with Crippen molar-refractivity contribution in [2.75, 3.05) is 25.6 Å². The van der Waals surface area contributed by atoms with Gasteiger partial charge in [-0.3, -0.25) is 0 Å². The number of methoxy groups -OCH3 is 1. The first-order valence-corrected chi connectivity index (χ1v) is 7.55. The average molecular weight is 335 g/mol. The molecule has 0 aliphatic carbocycles. The molecule has 0 unspecified atom stereocenters. The molecule has 23 heavy (non-hydrogen) atoms. The molecule has 2 aromatic rings. The monoisotopic (exact) mass is 334 g/mol. The van der Waals surface area contributed by atoms with Crippen LogP contribution in [-0.4, -0.2) is 26.3 Å². The number of hydrogen-bond donors (Lipinski definition) is 2. The van der Waals surface area contributed by atoms with E-state index >= 15 is 0 Å². The highest BCUT2D eigenvalue weighted by Crippen LogP contribution is 2.23. The first kappa shape index (κ1) is 17.0. The molecule has 0 aliphatic heterocycles. The van der Waals surface area contributed by atoms with Crippen LogP contribution < -0.4 is 20.1 Å². The molecule has 0 spiro atoms. The summed E-state index contributed by atoms with van der Waals surface area (Å²) in [5.41, 5.74) is 1.60. The van der Waals surface area contributed by atoms with Crippen LogP contribution in [0.4, 0.5) is 10.5 Å². The van der Waals surface area contributed by atoms with E-state index in [2.05, 4.69) is 10.6 Å². The van der Waals surface area contributed by atoms with Gasteiger partial charge in [-0.05, 0) is 36.8 Å². The number of anilines is 1. The summed E-state index contributed by atoms with van der Waals surface area (Å²) in [7, 11) is 1.55. The molecule has 0 heterocycles. The predicted molar refractivity (Wildman–Crippen MR) is 91.7 cm³/mol. The molecule has 0 radical (unpaired) electrons. The largest absolute Gasteiger partial charge is 0.495 e. The van der Waals surface area contributed by atoms with Gasteiger partial charge in [0.25, 0.3) is 0 Å². The Labute approximate surface area is 140 Å². The van der Waals surface area contributed by atoms with Gasteiger partial charge in [-0.2, -0.15) is 0 Å². The van der Waals surface area contributed by atoms with Gasteiger partial charge in [0, 0.05) is 5.02 Å². The maximum atomic E-state index is 11.8. The second kappa shape index (κ2) is 8.29. The standard InChI is InChI=1S/C17H19ClN2O3/c1-12-7-8-13(11-14(12)18)23-10-9-19-17(21)20-15-5-3-4-6-16(15)22-2/h3-8,11H,9-10H2,1-2H3,(H2,19,20,21). The molecule has 0 aromatic heterocycles. The Morgan fingerprint density at radius 1 is 1.22 bits per heavy atom. The van der Waals surface area contributed by atoms with Crippen molar-refractivity contribution in [3.63, 3.8) is 0 Å². The highest BCUT2D eigenvalue weighted by molar-refractivity contribution is 6.31. The fourth-order valence-corrected chi connectivity index (χ4v) is 2.08. The van der Waals surface area contributed by atoms with E-state index in [0.717, 1.165) is 5.56 Å². The number of carbonyl (C=O) groups excluding carboxylic acids is 1. The molecular formula is C17H19ClN2O3. The second-order valence-electron chi connectivity index (χ2n) is 4.84. The van der Waals surface area contributed by atoms with Gasteiger partial charge in [-0.1, -0.05) is 29.8 Å². The maximum Gasteiger partial charge on any atom is 0.319 e. The Morgan fingerprint density at radius 2 is 2.00 bits per heavy atom. The van der Waals surface area contributed by atoms with Crippen LogP contribution in [0.5, 0.6) is 11.5 Å². The van der Waals surface area contributed by atoms with Crippen LogP contribution >= 0.6 is 11.6 Å². The predicted octanol–water partition coefficient (Wildman–Crippen LogP) is 3.86. The van der Waals surface area contributed by atoms with E-state index < -0.39 is 0 Å². The zero-order chi connectivity index (χ0) is 16.7. The lowest BCUT2D eigenvalue weighted by atomic mass is 10.2. The van der Waals surface area contributed by atoms with Gasteiger partial charge in [-0.15, -0.1) is 0 Å². The summed E-state index contributed by atoms with van der Waals surface area (Å²) in [6.07, 6.45) is 0. The Balaban J connectivity index is 1.75. The van der Waals surface area contributed by atoms with Crippen molar-refractivity contribution in [1.29, 1.82) is 0 Å². The van der Waals surface area contributed by atoms with Crippen molar-refractivity contribution in [2.45, 2.75) is 6.92 Å². The third-order valence-electron chi connectivity index (χ3n) is 3.15. The second-order valence-corrected chi connectivity index (χ2v) is 5.25. The van der Waals surface area contributed by atoms with Gasteiger partial charge in [0.2, 0.25) is 0 Å². The highest BCUT2D eigenvalue weighted by Gasteiger charge is 2.06. The summed E-state index contributed by atoms with van der Waals surface area (Å²) in [4.78, 5) is 11.8. The fourth-order valence-electron chi connectivity index (χ4n) is 1.91. The highest BCUT2D eigenvalue weighted by atomic mass is 35.5. The summed E-state index contributed by atoms with van der Waals surface area (Å²) in [5, 5.41) is 6.10. The van der Waals surface area contributed by atoms with Crippen molar-refractivity contribution in [3.8, 4) is 11.5 Å². The Bertz CT molecular complexity index is 677. The lowest BCUT2D eigenvalue weighted by Gasteiger charge is -2.11. The van der Waals surface area contributed by atoms with Crippen molar-refractivity contribution in [3.05, 3.63) is 53.1 Å². The summed E-state index contributed by atoms with van der Waals surface area (Å²) >= 11 is 6.02. The molecule has 0 saturated carbocycles. The number of hydrogen-bond acceptors (Lipinski definition) is 3. The third kappa shape index (κ3) is 5.07. The van der Waals surface area contributed by atoms with Gasteiger partial charge in [-0.25, -0.2) is 4.79 Å². The number of urea groups is 1. The summed E-state index contributed by atoms with van der Waals surface area (Å²) in [6.45, 7) is 2.64. The van der Waals surface area contributed by atoms with Crippen LogP contribution in [0.1, 0.15) is 5.56 Å². The maximum absolute atomic E-state index is 11.8. The van der Waals surface area contributed by atoms with E-state index in [-0.39, 0.29) is 6.03 Å². The first-order chi connectivity index (χ1) is 11.1. The average Bonchev–Trinajstić information content (AvgIpc) is 2.55. The number of rotatable bonds is 6. The van der Waals surface area contributed by atoms with Crippen molar-refractivity contribution >= 4 is 23.3 Å². The smallest absolute Gasteiger partial charge is 0.319 e. The molecule has 0 saturated heterocycles. The number of benzene rings is 2. The van der Waals surface area contributed by atoms with Crippen molar-refractivity contribution in [2.24, 2.45) is 0 Å². The summed E-state index contributed by atoms with van der Waals surface area (Å²) < 4.78 is 10.7. The van der Waals surface area contributed by atoms with Crippen molar-refractivity contribution < 1.29 is 14.3 Å². The van der Waals surface area contributed by atoms with E-state index in [1.807, 2.05) is 31.2 Å². The van der Waals surface area contributed by atoms with Gasteiger partial charge in [0.05, 0.1) is 19.3 Å². The number of halogens is 1. The number of amides is 2. The molecule has 6 heteroatoms. The zero-order valence-electron chi connectivity index (χ0n) is 13.1. The van der Waals surface area contributed by atoms with Gasteiger partial charge in [0.15, 0.2) is 0 Å². The Morgan fingerprint density at radius 3 is 2.74 bits per heavy atom. The van der Waals surface area contributed by atoms with Crippen LogP contribution in [0, 0.1) is 6.92 Å². The van der Waals surface area contributed by atoms with E-state index in [0.29, 0.717) is 35.4 Å². The number of nitrogens with one attached hydrogen (secondary N) is 2. The molecule has 5 nitrogen and oxygen atoms in total. The number of carbonyl (C=O) groups is 1. The SMILES string of the molecule is COc1ccccc1NC(=O)NCCOc1ccc(C)c(Cl)c1. The number of aryl methyl sites for hydroxylation is 1. The van der Waals surface area contributed by atoms with Crippen LogP contribution in [0.3, 0.4) is 0 Å². The molecule has 0 aliphatic rings. The van der Waals surface area contributed by atoms with E-state index in [9.17, 15) is 4.79 Å². The molecule has 0 fully saturated rings. The Kier molecular flexibility index (Phi) is 6.11. The fraction of sp³-hybridized carbons (Fsp3) is 0.235. The number of para-hydroxylation sites is 2. The van der Waals surface area contributed by atoms with Crippen LogP contribution in [0.15, 0.2) is 42.5 Å². The van der Waals surface area contributed by atoms with Crippen molar-refractivity contribution in [1.82, 2.24) is 5.32 Å². The summed E-state index contributed by atoms with van der Waals surface area (Å²) in [6, 6.07) is 12.4. The van der Waals surface area contributed by atoms with Gasteiger partial charge >= 0.3 is 6.03 Å². The zero-order valence-corrected chi connectivity index (χ0v) is 13.8. The van der Waals surface area contributed by atoms with Gasteiger partial charge < -0.3 is 20.1 Å². The Hall–Kier alpha value is -2.40. The minimum Gasteiger partial charge on any atom is -0.495 e. The molecule has 2 aromatic carbocycles. The number of ether oxygens (including phenoxy) is 2. The lowest BCUT2D eigenvalue weighted by Crippen LogP contribution is -2.32.